The van der Waals surface area contributed by atoms with E-state index in [1.165, 1.54) is 40.9 Å². The normalized spacial score (nSPS) is 19.1. The zero-order chi connectivity index (χ0) is 27.1. The van der Waals surface area contributed by atoms with Crippen molar-refractivity contribution < 1.29 is 34.5 Å². The number of carboxylic acids is 1. The second-order valence-corrected chi connectivity index (χ2v) is 10.1. The van der Waals surface area contributed by atoms with E-state index in [9.17, 15) is 29.7 Å². The molecule has 3 aromatic rings. The van der Waals surface area contributed by atoms with Crippen molar-refractivity contribution in [2.24, 2.45) is 5.16 Å². The highest BCUT2D eigenvalue weighted by Gasteiger charge is 2.54. The lowest BCUT2D eigenvalue weighted by molar-refractivity contribution is -0.154. The Hall–Kier alpha value is -4.50. The van der Waals surface area contributed by atoms with Crippen molar-refractivity contribution in [3.63, 3.8) is 0 Å². The van der Waals surface area contributed by atoms with E-state index >= 15 is 0 Å². The number of nitrogens with zero attached hydrogens (tertiary/aromatic N) is 4. The molecule has 2 aromatic heterocycles. The number of oxime groups is 1. The molecule has 1 saturated heterocycles. The van der Waals surface area contributed by atoms with Crippen molar-refractivity contribution in [3.05, 3.63) is 46.0 Å². The van der Waals surface area contributed by atoms with Crippen LogP contribution < -0.4 is 11.1 Å². The highest BCUT2D eigenvalue weighted by molar-refractivity contribution is 7.13. The molecule has 0 unspecified atom stereocenters. The van der Waals surface area contributed by atoms with Crippen molar-refractivity contribution in [2.45, 2.75) is 24.9 Å². The van der Waals surface area contributed by atoms with Gasteiger partial charge in [-0.2, -0.15) is 0 Å². The maximum absolute atomic E-state index is 13.1. The topological polar surface area (TPSA) is 201 Å². The van der Waals surface area contributed by atoms with Gasteiger partial charge in [0.1, 0.15) is 29.6 Å². The number of aromatic hydroxyl groups is 2. The number of hydrogen-bond donors (Lipinski definition) is 5. The first-order chi connectivity index (χ1) is 18.2. The van der Waals surface area contributed by atoms with E-state index < -0.39 is 29.9 Å². The number of nitrogens with two attached hydrogens (primary N) is 1. The molecule has 0 aliphatic carbocycles. The Labute approximate surface area is 222 Å². The lowest BCUT2D eigenvalue weighted by Crippen LogP contribution is -2.72. The molecule has 1 fully saturated rings. The summed E-state index contributed by atoms with van der Waals surface area (Å²) in [5.74, 6) is -3.15. The summed E-state index contributed by atoms with van der Waals surface area (Å²) in [7, 11) is 1.26. The Balaban J connectivity index is 1.39. The van der Waals surface area contributed by atoms with E-state index in [1.54, 1.807) is 11.4 Å². The van der Waals surface area contributed by atoms with E-state index in [0.717, 1.165) is 11.3 Å². The van der Waals surface area contributed by atoms with Gasteiger partial charge in [-0.15, -0.1) is 22.7 Å². The number of allylic oxidation sites excluding steroid dienone is 1. The number of β-lactam (4-membered cyclic amide) rings is 1. The molecule has 0 radical (unpaired) electrons. The minimum absolute atomic E-state index is 0.160. The Bertz CT molecular complexity index is 1530. The highest BCUT2D eigenvalue weighted by Crippen LogP contribution is 2.42. The molecule has 38 heavy (non-hydrogen) atoms. The average molecular weight is 557 g/mol. The summed E-state index contributed by atoms with van der Waals surface area (Å²) in [5, 5.41) is 39.6. The number of phenols is 2. The first kappa shape index (κ1) is 25.2. The third kappa shape index (κ3) is 4.31. The Morgan fingerprint density at radius 2 is 2.00 bits per heavy atom. The van der Waals surface area contributed by atoms with Gasteiger partial charge >= 0.3 is 5.97 Å². The fourth-order valence-corrected chi connectivity index (χ4v) is 5.80. The number of nitrogens with one attached hydrogen (secondary N) is 1. The number of carbonyl (C=O) groups excluding carboxylic acids is 2. The fourth-order valence-electron chi connectivity index (χ4n) is 4.42. The van der Waals surface area contributed by atoms with Crippen LogP contribution in [0, 0.1) is 0 Å². The number of benzene rings is 1. The van der Waals surface area contributed by atoms with Crippen LogP contribution in [0.1, 0.15) is 24.2 Å². The maximum atomic E-state index is 13.1. The highest BCUT2D eigenvalue weighted by atomic mass is 32.1. The summed E-state index contributed by atoms with van der Waals surface area (Å²) < 4.78 is 0. The van der Waals surface area contributed by atoms with Gasteiger partial charge in [0.15, 0.2) is 22.3 Å². The number of thiazole rings is 2. The predicted molar refractivity (Wildman–Crippen MR) is 137 cm³/mol. The maximum Gasteiger partial charge on any atom is 0.352 e. The van der Waals surface area contributed by atoms with E-state index in [1.807, 2.05) is 0 Å². The molecule has 0 saturated carbocycles. The molecular weight excluding hydrogens is 536 g/mol. The van der Waals surface area contributed by atoms with Gasteiger partial charge in [0.05, 0.1) is 11.7 Å². The van der Waals surface area contributed by atoms with Crippen molar-refractivity contribution in [1.82, 2.24) is 20.2 Å². The number of carboxylic acid groups (broad SMARTS) is 1. The molecule has 2 aliphatic rings. The van der Waals surface area contributed by atoms with E-state index in [2.05, 4.69) is 20.4 Å². The van der Waals surface area contributed by atoms with Crippen molar-refractivity contribution in [2.75, 3.05) is 12.8 Å². The molecule has 4 heterocycles. The molecule has 2 aliphatic heterocycles. The average Bonchev–Trinajstić information content (AvgIpc) is 3.55. The number of rotatable bonds is 7. The summed E-state index contributed by atoms with van der Waals surface area (Å²) in [6, 6.07) is 2.74. The number of hydrogen-bond acceptors (Lipinski definition) is 12. The van der Waals surface area contributed by atoms with Gasteiger partial charge in [0.2, 0.25) is 0 Å². The number of fused-ring (bicyclic) bond motifs is 1. The predicted octanol–water partition coefficient (Wildman–Crippen LogP) is 1.60. The Morgan fingerprint density at radius 3 is 2.66 bits per heavy atom. The molecule has 0 spiro atoms. The number of aromatic nitrogens is 2. The van der Waals surface area contributed by atoms with Crippen LogP contribution in [0.25, 0.3) is 16.1 Å². The van der Waals surface area contributed by atoms with Crippen LogP contribution in [-0.2, 0) is 19.2 Å². The van der Waals surface area contributed by atoms with E-state index in [4.69, 9.17) is 10.6 Å². The summed E-state index contributed by atoms with van der Waals surface area (Å²) in [6.07, 6.45) is 0.685. The van der Waals surface area contributed by atoms with Gasteiger partial charge in [-0.25, -0.2) is 14.8 Å². The number of nitrogen functional groups attached to an aromatic ring is 1. The lowest BCUT2D eigenvalue weighted by Gasteiger charge is -2.50. The molecular formula is C23H20N6O7S2. The summed E-state index contributed by atoms with van der Waals surface area (Å²) >= 11 is 2.34. The molecule has 2 amide bonds. The number of phenolic OH excluding ortho intramolecular Hbond substituents is 2. The first-order valence-electron chi connectivity index (χ1n) is 11.1. The van der Waals surface area contributed by atoms with Crippen molar-refractivity contribution in [3.8, 4) is 22.1 Å². The zero-order valence-electron chi connectivity index (χ0n) is 19.6. The monoisotopic (exact) mass is 556 g/mol. The quantitative estimate of drug-likeness (QED) is 0.123. The van der Waals surface area contributed by atoms with Crippen LogP contribution in [0.3, 0.4) is 0 Å². The van der Waals surface area contributed by atoms with Crippen LogP contribution >= 0.6 is 22.7 Å². The minimum atomic E-state index is -1.29. The van der Waals surface area contributed by atoms with Crippen LogP contribution in [-0.4, -0.2) is 72.9 Å². The molecule has 15 heteroatoms. The molecule has 5 rings (SSSR count). The van der Waals surface area contributed by atoms with Crippen LogP contribution in [0.5, 0.6) is 11.5 Å². The van der Waals surface area contributed by atoms with Gasteiger partial charge in [-0.05, 0) is 31.0 Å². The SMILES string of the molecule is CO/N=C(/C(=O)N[C@@H]1C(=O)N2C(C(=O)O)=C(c3csc(-c4ccc(O)c(O)c4)n3)CC[C@H]12)c1csc(N)n1. The largest absolute Gasteiger partial charge is 0.504 e. The van der Waals surface area contributed by atoms with Gasteiger partial charge in [0, 0.05) is 21.9 Å². The smallest absolute Gasteiger partial charge is 0.352 e. The standard InChI is InChI=1S/C23H20N6O7S2/c1-36-28-16(12-8-38-23(24)26-12)19(32)27-17-13-4-3-10(18(22(34)35)29(13)21(17)33)11-7-37-20(25-11)9-2-5-14(30)15(31)6-9/h2,5-8,13,17,30-31H,3-4H2,1H3,(H2,24,26)(H,27,32)(H,34,35)/b28-16+/t13-,17+/m1/s1. The third-order valence-electron chi connectivity index (χ3n) is 6.12. The molecule has 0 bridgehead atoms. The molecule has 6 N–H and O–H groups in total. The Kier molecular flexibility index (Phi) is 6.46. The summed E-state index contributed by atoms with van der Waals surface area (Å²) in [4.78, 5) is 52.7. The molecule has 13 nitrogen and oxygen atoms in total. The second kappa shape index (κ2) is 9.75. The van der Waals surface area contributed by atoms with Crippen LogP contribution in [0.4, 0.5) is 5.13 Å². The number of aliphatic carboxylic acids is 1. The van der Waals surface area contributed by atoms with Crippen molar-refractivity contribution >= 4 is 56.9 Å². The van der Waals surface area contributed by atoms with E-state index in [-0.39, 0.29) is 33.7 Å². The molecule has 1 aromatic carbocycles. The number of carbonyl (C=O) groups is 3. The van der Waals surface area contributed by atoms with Crippen molar-refractivity contribution in [1.29, 1.82) is 0 Å². The van der Waals surface area contributed by atoms with Gasteiger partial charge in [-0.3, -0.25) is 14.5 Å². The van der Waals surface area contributed by atoms with Gasteiger partial charge in [0.25, 0.3) is 11.8 Å². The lowest BCUT2D eigenvalue weighted by atomic mass is 9.82. The minimum Gasteiger partial charge on any atom is -0.504 e. The van der Waals surface area contributed by atoms with Gasteiger partial charge < -0.3 is 31.2 Å². The fraction of sp³-hybridized carbons (Fsp3) is 0.217. The Morgan fingerprint density at radius 1 is 1.21 bits per heavy atom. The number of anilines is 1. The van der Waals surface area contributed by atoms with Crippen LogP contribution in [0.15, 0.2) is 39.8 Å². The molecule has 196 valence electrons. The number of amides is 2. The van der Waals surface area contributed by atoms with Crippen LogP contribution in [0.2, 0.25) is 0 Å². The molecule has 2 atom stereocenters. The van der Waals surface area contributed by atoms with E-state index in [0.29, 0.717) is 34.7 Å². The first-order valence-corrected chi connectivity index (χ1v) is 12.9. The van der Waals surface area contributed by atoms with Gasteiger partial charge in [-0.1, -0.05) is 5.16 Å². The zero-order valence-corrected chi connectivity index (χ0v) is 21.2. The third-order valence-corrected chi connectivity index (χ3v) is 7.69. The second-order valence-electron chi connectivity index (χ2n) is 8.33. The summed E-state index contributed by atoms with van der Waals surface area (Å²) in [5.41, 5.74) is 6.80. The summed E-state index contributed by atoms with van der Waals surface area (Å²) in [6.45, 7) is 0.